The highest BCUT2D eigenvalue weighted by atomic mass is 19.4. The fraction of sp³-hybridized carbons (Fsp3) is 0.310. The van der Waals surface area contributed by atoms with Gasteiger partial charge in [-0.3, -0.25) is 9.69 Å². The second-order valence-electron chi connectivity index (χ2n) is 10.0. The first kappa shape index (κ1) is 27.5. The fourth-order valence-corrected chi connectivity index (χ4v) is 4.81. The maximum absolute atomic E-state index is 13.9. The molecule has 3 heterocycles. The number of anilines is 2. The molecule has 5 rings (SSSR count). The smallest absolute Gasteiger partial charge is 0.383 e. The number of carbonyl (C=O) groups excluding carboxylic acids is 1. The Morgan fingerprint density at radius 1 is 1.10 bits per heavy atom. The third-order valence-electron chi connectivity index (χ3n) is 7.12. The number of rotatable bonds is 4. The second-order valence-corrected chi connectivity index (χ2v) is 10.0. The van der Waals surface area contributed by atoms with Gasteiger partial charge >= 0.3 is 6.18 Å². The average molecular weight is 550 g/mol. The maximum Gasteiger partial charge on any atom is 0.416 e. The van der Waals surface area contributed by atoms with Gasteiger partial charge in [0.05, 0.1) is 11.1 Å². The molecule has 11 heteroatoms. The monoisotopic (exact) mass is 549 g/mol. The van der Waals surface area contributed by atoms with Gasteiger partial charge < -0.3 is 21.0 Å². The number of aromatic nitrogens is 1. The number of nitrogen functional groups attached to an aromatic ring is 1. The van der Waals surface area contributed by atoms with E-state index in [1.165, 1.54) is 12.1 Å². The van der Waals surface area contributed by atoms with Crippen LogP contribution in [0.15, 0.2) is 60.4 Å². The van der Waals surface area contributed by atoms with Crippen molar-refractivity contribution in [1.82, 2.24) is 25.2 Å². The van der Waals surface area contributed by atoms with E-state index in [9.17, 15) is 18.0 Å². The normalized spacial score (nSPS) is 18.4. The SMILES string of the molecule is CN1CCN(Cc2ccc(NC(=O)C3C=C(C#Cc4cnc(N)c5ccccc45)N(C)N3)cc2C(F)(F)F)CC1. The van der Waals surface area contributed by atoms with Gasteiger partial charge in [0.2, 0.25) is 5.91 Å². The predicted molar refractivity (Wildman–Crippen MR) is 149 cm³/mol. The van der Waals surface area contributed by atoms with Crippen LogP contribution >= 0.6 is 0 Å². The van der Waals surface area contributed by atoms with E-state index >= 15 is 0 Å². The topological polar surface area (TPSA) is 89.8 Å². The van der Waals surface area contributed by atoms with Crippen LogP contribution in [-0.2, 0) is 17.5 Å². The van der Waals surface area contributed by atoms with E-state index < -0.39 is 23.7 Å². The first-order valence-electron chi connectivity index (χ1n) is 12.9. The summed E-state index contributed by atoms with van der Waals surface area (Å²) in [6, 6.07) is 10.7. The molecule has 8 nitrogen and oxygen atoms in total. The summed E-state index contributed by atoms with van der Waals surface area (Å²) in [5.74, 6) is 6.04. The Hall–Kier alpha value is -4.11. The van der Waals surface area contributed by atoms with E-state index in [0.717, 1.165) is 29.9 Å². The number of allylic oxidation sites excluding steroid dienone is 1. The minimum atomic E-state index is -4.54. The van der Waals surface area contributed by atoms with Crippen LogP contribution in [0, 0.1) is 11.8 Å². The van der Waals surface area contributed by atoms with Crippen molar-refractivity contribution in [3.63, 3.8) is 0 Å². The summed E-state index contributed by atoms with van der Waals surface area (Å²) in [5.41, 5.74) is 9.70. The lowest BCUT2D eigenvalue weighted by molar-refractivity contribution is -0.138. The van der Waals surface area contributed by atoms with Crippen molar-refractivity contribution in [3.8, 4) is 11.8 Å². The average Bonchev–Trinajstić information content (AvgIpc) is 3.30. The van der Waals surface area contributed by atoms with E-state index in [2.05, 4.69) is 32.5 Å². The van der Waals surface area contributed by atoms with Crippen molar-refractivity contribution in [2.45, 2.75) is 18.8 Å². The summed E-state index contributed by atoms with van der Waals surface area (Å²) in [6.07, 6.45) is -1.32. The van der Waals surface area contributed by atoms with Gasteiger partial charge in [-0.15, -0.1) is 0 Å². The van der Waals surface area contributed by atoms with E-state index in [-0.39, 0.29) is 17.8 Å². The number of nitrogens with two attached hydrogens (primary N) is 1. The van der Waals surface area contributed by atoms with Crippen LogP contribution in [0.3, 0.4) is 0 Å². The molecular formula is C29H30F3N7O. The van der Waals surface area contributed by atoms with Crippen molar-refractivity contribution in [2.75, 3.05) is 51.3 Å². The number of nitrogens with zero attached hydrogens (tertiary/aromatic N) is 4. The number of halogens is 3. The molecule has 3 aromatic rings. The molecule has 1 saturated heterocycles. The predicted octanol–water partition coefficient (Wildman–Crippen LogP) is 3.28. The zero-order valence-electron chi connectivity index (χ0n) is 22.2. The molecule has 1 unspecified atom stereocenters. The summed E-state index contributed by atoms with van der Waals surface area (Å²) < 4.78 is 41.8. The van der Waals surface area contributed by atoms with Crippen LogP contribution in [-0.4, -0.2) is 72.0 Å². The standard InChI is InChI=1S/C29H30F3N7O/c1-37-11-13-39(14-12-37)18-20-7-9-21(15-25(20)29(30,31)32)35-28(40)26-16-22(38(2)36-26)10-8-19-17-34-27(33)24-6-4-3-5-23(19)24/h3-7,9,15-17,26,36H,11-14,18H2,1-2H3,(H2,33,34)(H,35,40). The number of benzene rings is 2. The van der Waals surface area contributed by atoms with E-state index in [4.69, 9.17) is 5.73 Å². The quantitative estimate of drug-likeness (QED) is 0.431. The fourth-order valence-electron chi connectivity index (χ4n) is 4.81. The lowest BCUT2D eigenvalue weighted by atomic mass is 10.0. The molecule has 0 spiro atoms. The number of hydrazine groups is 1. The molecule has 4 N–H and O–H groups in total. The largest absolute Gasteiger partial charge is 0.416 e. The van der Waals surface area contributed by atoms with Crippen LogP contribution in [0.5, 0.6) is 0 Å². The second kappa shape index (κ2) is 11.2. The van der Waals surface area contributed by atoms with Crippen LogP contribution in [0.2, 0.25) is 0 Å². The van der Waals surface area contributed by atoms with E-state index in [0.29, 0.717) is 30.2 Å². The number of amides is 1. The molecule has 2 aromatic carbocycles. The lowest BCUT2D eigenvalue weighted by Crippen LogP contribution is -2.44. The molecule has 1 atom stereocenters. The minimum Gasteiger partial charge on any atom is -0.383 e. The van der Waals surface area contributed by atoms with Crippen molar-refractivity contribution in [1.29, 1.82) is 0 Å². The molecule has 1 aromatic heterocycles. The summed E-state index contributed by atoms with van der Waals surface area (Å²) in [6.45, 7) is 3.23. The highest BCUT2D eigenvalue weighted by Crippen LogP contribution is 2.34. The van der Waals surface area contributed by atoms with Crippen LogP contribution < -0.4 is 16.5 Å². The first-order chi connectivity index (χ1) is 19.1. The first-order valence-corrected chi connectivity index (χ1v) is 12.9. The Balaban J connectivity index is 1.31. The number of alkyl halides is 3. The van der Waals surface area contributed by atoms with Gasteiger partial charge in [-0.25, -0.2) is 10.4 Å². The third kappa shape index (κ3) is 6.04. The minimum absolute atomic E-state index is 0.0799. The van der Waals surface area contributed by atoms with Crippen LogP contribution in [0.4, 0.5) is 24.7 Å². The molecular weight excluding hydrogens is 519 g/mol. The zero-order valence-corrected chi connectivity index (χ0v) is 22.2. The summed E-state index contributed by atoms with van der Waals surface area (Å²) in [7, 11) is 3.71. The third-order valence-corrected chi connectivity index (χ3v) is 7.12. The van der Waals surface area contributed by atoms with Gasteiger partial charge in [0, 0.05) is 62.4 Å². The molecule has 1 fully saturated rings. The Morgan fingerprint density at radius 3 is 2.55 bits per heavy atom. The van der Waals surface area contributed by atoms with Gasteiger partial charge in [0.1, 0.15) is 17.6 Å². The Kier molecular flexibility index (Phi) is 7.67. The molecule has 40 heavy (non-hydrogen) atoms. The highest BCUT2D eigenvalue weighted by molar-refractivity contribution is 5.97. The number of pyridine rings is 1. The Labute approximate surface area is 230 Å². The number of nitrogens with one attached hydrogen (secondary N) is 2. The molecule has 208 valence electrons. The van der Waals surface area contributed by atoms with Gasteiger partial charge in [-0.2, -0.15) is 13.2 Å². The number of likely N-dealkylation sites (N-methyl/N-ethyl adjacent to an activating group) is 1. The van der Waals surface area contributed by atoms with Gasteiger partial charge in [0.15, 0.2) is 0 Å². The summed E-state index contributed by atoms with van der Waals surface area (Å²) in [4.78, 5) is 21.3. The molecule has 0 bridgehead atoms. The number of hydrogen-bond donors (Lipinski definition) is 3. The highest BCUT2D eigenvalue weighted by Gasteiger charge is 2.34. The van der Waals surface area contributed by atoms with Gasteiger partial charge in [-0.1, -0.05) is 36.3 Å². The lowest BCUT2D eigenvalue weighted by Gasteiger charge is -2.33. The molecule has 2 aliphatic heterocycles. The van der Waals surface area contributed by atoms with Crippen molar-refractivity contribution < 1.29 is 18.0 Å². The van der Waals surface area contributed by atoms with E-state index in [1.807, 2.05) is 36.2 Å². The Bertz CT molecular complexity index is 1520. The molecule has 0 saturated carbocycles. The zero-order chi connectivity index (χ0) is 28.4. The number of piperazine rings is 1. The van der Waals surface area contributed by atoms with Crippen molar-refractivity contribution in [3.05, 3.63) is 77.1 Å². The van der Waals surface area contributed by atoms with Crippen LogP contribution in [0.25, 0.3) is 10.8 Å². The molecule has 1 amide bonds. The molecule has 2 aliphatic rings. The van der Waals surface area contributed by atoms with Gasteiger partial charge in [-0.05, 0) is 36.7 Å². The Morgan fingerprint density at radius 2 is 1.82 bits per heavy atom. The van der Waals surface area contributed by atoms with Crippen molar-refractivity contribution >= 4 is 28.2 Å². The molecule has 0 radical (unpaired) electrons. The van der Waals surface area contributed by atoms with Crippen molar-refractivity contribution in [2.24, 2.45) is 0 Å². The number of hydrogen-bond acceptors (Lipinski definition) is 7. The summed E-state index contributed by atoms with van der Waals surface area (Å²) >= 11 is 0. The van der Waals surface area contributed by atoms with Crippen LogP contribution in [0.1, 0.15) is 16.7 Å². The summed E-state index contributed by atoms with van der Waals surface area (Å²) in [5, 5.41) is 5.88. The number of fused-ring (bicyclic) bond motifs is 1. The number of carbonyl (C=O) groups is 1. The van der Waals surface area contributed by atoms with E-state index in [1.54, 1.807) is 24.3 Å². The van der Waals surface area contributed by atoms with Gasteiger partial charge in [0.25, 0.3) is 0 Å². The maximum atomic E-state index is 13.9. The molecule has 0 aliphatic carbocycles.